The summed E-state index contributed by atoms with van der Waals surface area (Å²) >= 11 is 12.7. The Morgan fingerprint density at radius 2 is 1.96 bits per heavy atom. The van der Waals surface area contributed by atoms with E-state index in [9.17, 15) is 9.59 Å². The van der Waals surface area contributed by atoms with Crippen LogP contribution in [0.2, 0.25) is 5.02 Å². The van der Waals surface area contributed by atoms with Crippen LogP contribution in [0.25, 0.3) is 0 Å². The Labute approximate surface area is 168 Å². The van der Waals surface area contributed by atoms with Gasteiger partial charge in [0.2, 0.25) is 0 Å². The molecule has 1 aromatic carbocycles. The van der Waals surface area contributed by atoms with Gasteiger partial charge in [-0.15, -0.1) is 11.6 Å². The maximum absolute atomic E-state index is 12.8. The Morgan fingerprint density at radius 1 is 1.26 bits per heavy atom. The average molecular weight is 407 g/mol. The van der Waals surface area contributed by atoms with E-state index in [0.29, 0.717) is 34.5 Å². The lowest BCUT2D eigenvalue weighted by Crippen LogP contribution is -2.56. The molecule has 5 nitrogen and oxygen atoms in total. The van der Waals surface area contributed by atoms with Crippen molar-refractivity contribution in [3.05, 3.63) is 28.8 Å². The Bertz CT molecular complexity index is 834. The van der Waals surface area contributed by atoms with E-state index >= 15 is 0 Å². The largest absolute Gasteiger partial charge is 0.455 e. The van der Waals surface area contributed by atoms with Crippen molar-refractivity contribution in [3.63, 3.8) is 0 Å². The number of alkyl halides is 1. The summed E-state index contributed by atoms with van der Waals surface area (Å²) in [6, 6.07) is 6.59. The van der Waals surface area contributed by atoms with Crippen LogP contribution >= 0.6 is 23.2 Å². The number of esters is 1. The maximum atomic E-state index is 12.8. The fourth-order valence-electron chi connectivity index (χ4n) is 5.58. The molecule has 1 amide bonds. The summed E-state index contributed by atoms with van der Waals surface area (Å²) in [6.07, 6.45) is 5.37. The number of anilines is 1. The van der Waals surface area contributed by atoms with Crippen LogP contribution in [-0.2, 0) is 14.3 Å². The van der Waals surface area contributed by atoms with Crippen molar-refractivity contribution >= 4 is 40.8 Å². The lowest BCUT2D eigenvalue weighted by molar-refractivity contribution is -0.171. The summed E-state index contributed by atoms with van der Waals surface area (Å²) in [5.41, 5.74) is 0.0600. The Hall–Kier alpha value is -1.77. The number of carbonyl (C=O) groups excluding carboxylic acids is 2. The van der Waals surface area contributed by atoms with Crippen LogP contribution in [0.5, 0.6) is 0 Å². The molecular formula is C20H20Cl2N2O3. The minimum absolute atomic E-state index is 0.284. The molecule has 0 radical (unpaired) electrons. The number of nitriles is 1. The number of nitrogens with zero attached hydrogens (tertiary/aromatic N) is 1. The minimum atomic E-state index is -0.542. The number of hydrogen-bond donors (Lipinski definition) is 1. The number of amides is 1. The molecule has 0 aromatic heterocycles. The molecule has 7 heteroatoms. The van der Waals surface area contributed by atoms with E-state index in [1.54, 1.807) is 6.07 Å². The Kier molecular flexibility index (Phi) is 4.60. The monoisotopic (exact) mass is 406 g/mol. The maximum Gasteiger partial charge on any atom is 0.312 e. The summed E-state index contributed by atoms with van der Waals surface area (Å²) in [5, 5.41) is 12.1. The molecule has 4 fully saturated rings. The average Bonchev–Trinajstić information content (AvgIpc) is 2.57. The van der Waals surface area contributed by atoms with Crippen molar-refractivity contribution in [1.82, 2.24) is 0 Å². The molecule has 27 heavy (non-hydrogen) atoms. The summed E-state index contributed by atoms with van der Waals surface area (Å²) < 4.78 is 5.38. The zero-order valence-corrected chi connectivity index (χ0v) is 16.3. The lowest BCUT2D eigenvalue weighted by atomic mass is 9.49. The molecule has 1 aromatic rings. The Balaban J connectivity index is 1.39. The van der Waals surface area contributed by atoms with Crippen LogP contribution in [0.15, 0.2) is 18.2 Å². The predicted octanol–water partition coefficient (Wildman–Crippen LogP) is 4.27. The molecule has 5 rings (SSSR count). The van der Waals surface area contributed by atoms with Gasteiger partial charge in [-0.25, -0.2) is 0 Å². The van der Waals surface area contributed by atoms with Gasteiger partial charge in [-0.3, -0.25) is 9.59 Å². The summed E-state index contributed by atoms with van der Waals surface area (Å²) in [6.45, 7) is -0.386. The van der Waals surface area contributed by atoms with Gasteiger partial charge in [-0.1, -0.05) is 11.6 Å². The van der Waals surface area contributed by atoms with Gasteiger partial charge in [-0.2, -0.15) is 5.26 Å². The van der Waals surface area contributed by atoms with Crippen molar-refractivity contribution < 1.29 is 14.3 Å². The molecule has 1 N–H and O–H groups in total. The summed E-state index contributed by atoms with van der Waals surface area (Å²) in [4.78, 5) is 24.8. The standard InChI is InChI=1S/C20H20Cl2N2O3/c21-15-2-1-14(9-23)16(4-15)24-17(25)10-27-18(26)19-5-12-3-13(6-19)8-20(22,7-12)11-19/h1-2,4,12-13H,3,5-8,10-11H2,(H,24,25)/t12-,13+,19?,20?. The normalized spacial score (nSPS) is 33.4. The molecule has 4 saturated carbocycles. The van der Waals surface area contributed by atoms with Crippen molar-refractivity contribution in [2.45, 2.75) is 43.4 Å². The number of nitrogens with one attached hydrogen (secondary N) is 1. The molecule has 0 heterocycles. The topological polar surface area (TPSA) is 79.2 Å². The van der Waals surface area contributed by atoms with Gasteiger partial charge in [0.15, 0.2) is 6.61 Å². The molecule has 0 spiro atoms. The number of carbonyl (C=O) groups is 2. The number of benzene rings is 1. The molecule has 4 bridgehead atoms. The summed E-state index contributed by atoms with van der Waals surface area (Å²) in [5.74, 6) is 0.153. The first kappa shape index (κ1) is 18.6. The molecule has 4 aliphatic carbocycles. The number of hydrogen-bond acceptors (Lipinski definition) is 4. The first-order chi connectivity index (χ1) is 12.8. The van der Waals surface area contributed by atoms with Gasteiger partial charge in [0.05, 0.1) is 16.7 Å². The van der Waals surface area contributed by atoms with Crippen LogP contribution < -0.4 is 5.32 Å². The highest BCUT2D eigenvalue weighted by Gasteiger charge is 2.60. The summed E-state index contributed by atoms with van der Waals surface area (Å²) in [7, 11) is 0. The van der Waals surface area contributed by atoms with Gasteiger partial charge in [0.25, 0.3) is 5.91 Å². The fraction of sp³-hybridized carbons (Fsp3) is 0.550. The van der Waals surface area contributed by atoms with Gasteiger partial charge in [0, 0.05) is 9.90 Å². The molecule has 4 aliphatic rings. The molecule has 0 aliphatic heterocycles. The van der Waals surface area contributed by atoms with Crippen molar-refractivity contribution in [3.8, 4) is 6.07 Å². The highest BCUT2D eigenvalue weighted by Crippen LogP contribution is 2.64. The van der Waals surface area contributed by atoms with Crippen LogP contribution in [0.4, 0.5) is 5.69 Å². The SMILES string of the molecule is N#Cc1ccc(Cl)cc1NC(=O)COC(=O)C12C[C@@H]3C[C@@H](CC(Cl)(C3)C1)C2. The van der Waals surface area contributed by atoms with Crippen LogP contribution in [0.3, 0.4) is 0 Å². The van der Waals surface area contributed by atoms with Crippen LogP contribution in [0.1, 0.15) is 44.1 Å². The number of rotatable bonds is 4. The van der Waals surface area contributed by atoms with E-state index in [1.807, 2.05) is 6.07 Å². The zero-order valence-electron chi connectivity index (χ0n) is 14.8. The van der Waals surface area contributed by atoms with Crippen LogP contribution in [0, 0.1) is 28.6 Å². The van der Waals surface area contributed by atoms with Gasteiger partial charge >= 0.3 is 5.97 Å². The highest BCUT2D eigenvalue weighted by atomic mass is 35.5. The Morgan fingerprint density at radius 3 is 2.59 bits per heavy atom. The third-order valence-electron chi connectivity index (χ3n) is 6.13. The number of ether oxygens (including phenoxy) is 1. The smallest absolute Gasteiger partial charge is 0.312 e. The highest BCUT2D eigenvalue weighted by molar-refractivity contribution is 6.31. The van der Waals surface area contributed by atoms with E-state index in [0.717, 1.165) is 32.1 Å². The van der Waals surface area contributed by atoms with Gasteiger partial charge < -0.3 is 10.1 Å². The van der Waals surface area contributed by atoms with E-state index in [1.165, 1.54) is 12.1 Å². The van der Waals surface area contributed by atoms with Gasteiger partial charge in [-0.05, 0) is 68.6 Å². The second-order valence-electron chi connectivity index (χ2n) is 8.32. The first-order valence-corrected chi connectivity index (χ1v) is 9.92. The lowest BCUT2D eigenvalue weighted by Gasteiger charge is -2.58. The van der Waals surface area contributed by atoms with E-state index < -0.39 is 11.3 Å². The fourth-order valence-corrected chi connectivity index (χ4v) is 6.44. The second kappa shape index (κ2) is 6.68. The molecule has 142 valence electrons. The van der Waals surface area contributed by atoms with Crippen LogP contribution in [-0.4, -0.2) is 23.4 Å². The molecule has 4 atom stereocenters. The third-order valence-corrected chi connectivity index (χ3v) is 6.81. The second-order valence-corrected chi connectivity index (χ2v) is 9.56. The quantitative estimate of drug-likeness (QED) is 0.597. The first-order valence-electron chi connectivity index (χ1n) is 9.17. The van der Waals surface area contributed by atoms with E-state index in [4.69, 9.17) is 33.2 Å². The van der Waals surface area contributed by atoms with E-state index in [2.05, 4.69) is 5.32 Å². The molecule has 0 saturated heterocycles. The van der Waals surface area contributed by atoms with E-state index in [-0.39, 0.29) is 17.5 Å². The third kappa shape index (κ3) is 3.53. The minimum Gasteiger partial charge on any atom is -0.455 e. The number of halogens is 2. The predicted molar refractivity (Wildman–Crippen MR) is 101 cm³/mol. The van der Waals surface area contributed by atoms with Crippen molar-refractivity contribution in [2.75, 3.05) is 11.9 Å². The van der Waals surface area contributed by atoms with Gasteiger partial charge in [0.1, 0.15) is 6.07 Å². The zero-order chi connectivity index (χ0) is 19.2. The molecule has 2 unspecified atom stereocenters. The van der Waals surface area contributed by atoms with Crippen molar-refractivity contribution in [2.24, 2.45) is 17.3 Å². The van der Waals surface area contributed by atoms with Crippen molar-refractivity contribution in [1.29, 1.82) is 5.26 Å². The molecular weight excluding hydrogens is 387 g/mol.